The van der Waals surface area contributed by atoms with Crippen molar-refractivity contribution < 1.29 is 9.59 Å². The van der Waals surface area contributed by atoms with Gasteiger partial charge in [-0.25, -0.2) is 0 Å². The van der Waals surface area contributed by atoms with Crippen LogP contribution in [0.25, 0.3) is 0 Å². The number of para-hydroxylation sites is 1. The van der Waals surface area contributed by atoms with Crippen molar-refractivity contribution in [1.82, 2.24) is 10.2 Å². The average Bonchev–Trinajstić information content (AvgIpc) is 3.24. The van der Waals surface area contributed by atoms with Crippen molar-refractivity contribution in [1.29, 1.82) is 0 Å². The summed E-state index contributed by atoms with van der Waals surface area (Å²) in [5.74, 6) is -0.103. The minimum atomic E-state index is -0.0919. The van der Waals surface area contributed by atoms with E-state index in [4.69, 9.17) is 0 Å². The number of carbonyl (C=O) groups excluding carboxylic acids is 2. The van der Waals surface area contributed by atoms with Crippen LogP contribution in [0.1, 0.15) is 30.9 Å². The molecule has 1 aliphatic rings. The van der Waals surface area contributed by atoms with Crippen molar-refractivity contribution in [3.8, 4) is 0 Å². The van der Waals surface area contributed by atoms with Crippen molar-refractivity contribution in [2.24, 2.45) is 0 Å². The minimum Gasteiger partial charge on any atom is -0.352 e. The lowest BCUT2D eigenvalue weighted by Crippen LogP contribution is -2.39. The highest BCUT2D eigenvalue weighted by molar-refractivity contribution is 5.94. The molecule has 120 valence electrons. The van der Waals surface area contributed by atoms with E-state index in [2.05, 4.69) is 17.6 Å². The second kappa shape index (κ2) is 7.40. The van der Waals surface area contributed by atoms with Gasteiger partial charge in [-0.1, -0.05) is 25.1 Å². The van der Waals surface area contributed by atoms with Crippen LogP contribution in [-0.4, -0.2) is 42.9 Å². The summed E-state index contributed by atoms with van der Waals surface area (Å²) in [7, 11) is 1.78. The number of rotatable bonds is 7. The van der Waals surface area contributed by atoms with E-state index >= 15 is 0 Å². The number of likely N-dealkylation sites (N-methyl/N-ethyl adjacent to an activating group) is 1. The Labute approximate surface area is 132 Å². The molecule has 0 spiro atoms. The third kappa shape index (κ3) is 4.84. The molecule has 1 aromatic rings. The molecule has 1 fully saturated rings. The highest BCUT2D eigenvalue weighted by atomic mass is 16.2. The molecule has 22 heavy (non-hydrogen) atoms. The third-order valence-electron chi connectivity index (χ3n) is 3.77. The van der Waals surface area contributed by atoms with Gasteiger partial charge >= 0.3 is 0 Å². The predicted octanol–water partition coefficient (Wildman–Crippen LogP) is 1.71. The van der Waals surface area contributed by atoms with Gasteiger partial charge in [-0.2, -0.15) is 0 Å². The van der Waals surface area contributed by atoms with Crippen LogP contribution in [-0.2, 0) is 16.0 Å². The maximum Gasteiger partial charge on any atom is 0.238 e. The Morgan fingerprint density at radius 1 is 1.23 bits per heavy atom. The first-order chi connectivity index (χ1) is 10.5. The lowest BCUT2D eigenvalue weighted by Gasteiger charge is -2.18. The van der Waals surface area contributed by atoms with Crippen LogP contribution in [0.2, 0.25) is 0 Å². The van der Waals surface area contributed by atoms with E-state index in [1.54, 1.807) is 11.9 Å². The summed E-state index contributed by atoms with van der Waals surface area (Å²) in [6.45, 7) is 4.51. The fourth-order valence-electron chi connectivity index (χ4n) is 2.43. The fraction of sp³-hybridized carbons (Fsp3) is 0.529. The number of hydrogen-bond donors (Lipinski definition) is 2. The number of aryl methyl sites for hydroxylation is 2. The summed E-state index contributed by atoms with van der Waals surface area (Å²) in [4.78, 5) is 25.6. The molecule has 5 heteroatoms. The predicted molar refractivity (Wildman–Crippen MR) is 87.8 cm³/mol. The topological polar surface area (TPSA) is 61.4 Å². The Morgan fingerprint density at radius 2 is 1.91 bits per heavy atom. The van der Waals surface area contributed by atoms with Gasteiger partial charge in [0.25, 0.3) is 0 Å². The quantitative estimate of drug-likeness (QED) is 0.806. The smallest absolute Gasteiger partial charge is 0.238 e. The molecule has 0 aliphatic heterocycles. The van der Waals surface area contributed by atoms with Gasteiger partial charge in [0.2, 0.25) is 11.8 Å². The number of hydrogen-bond acceptors (Lipinski definition) is 3. The normalized spacial score (nSPS) is 14.0. The van der Waals surface area contributed by atoms with Gasteiger partial charge in [0.15, 0.2) is 0 Å². The van der Waals surface area contributed by atoms with Gasteiger partial charge < -0.3 is 10.6 Å². The second-order valence-electron chi connectivity index (χ2n) is 6.02. The number of anilines is 1. The molecular weight excluding hydrogens is 278 g/mol. The van der Waals surface area contributed by atoms with Crippen molar-refractivity contribution in [2.45, 2.75) is 39.2 Å². The summed E-state index contributed by atoms with van der Waals surface area (Å²) in [5.41, 5.74) is 3.08. The van der Waals surface area contributed by atoms with Crippen LogP contribution in [0, 0.1) is 6.92 Å². The van der Waals surface area contributed by atoms with E-state index in [0.29, 0.717) is 6.04 Å². The van der Waals surface area contributed by atoms with E-state index in [1.807, 2.05) is 25.1 Å². The Balaban J connectivity index is 1.85. The number of carbonyl (C=O) groups is 2. The van der Waals surface area contributed by atoms with Gasteiger partial charge in [0, 0.05) is 11.7 Å². The summed E-state index contributed by atoms with van der Waals surface area (Å²) in [5, 5.41) is 5.90. The minimum absolute atomic E-state index is 0.0112. The number of nitrogens with zero attached hydrogens (tertiary/aromatic N) is 1. The Kier molecular flexibility index (Phi) is 5.55. The molecular formula is C17H25N3O2. The first-order valence-corrected chi connectivity index (χ1v) is 7.85. The first-order valence-electron chi connectivity index (χ1n) is 7.85. The monoisotopic (exact) mass is 303 g/mol. The zero-order valence-corrected chi connectivity index (χ0v) is 13.6. The highest BCUT2D eigenvalue weighted by Gasteiger charge is 2.23. The molecule has 1 saturated carbocycles. The molecule has 0 bridgehead atoms. The maximum absolute atomic E-state index is 12.2. The molecule has 2 N–H and O–H groups in total. The van der Waals surface area contributed by atoms with Gasteiger partial charge in [-0.3, -0.25) is 14.5 Å². The molecule has 0 aromatic heterocycles. The Bertz CT molecular complexity index is 553. The first kappa shape index (κ1) is 16.5. The van der Waals surface area contributed by atoms with Crippen LogP contribution in [0.15, 0.2) is 18.2 Å². The Morgan fingerprint density at radius 3 is 2.55 bits per heavy atom. The Hall–Kier alpha value is -1.88. The number of nitrogens with one attached hydrogen (secondary N) is 2. The van der Waals surface area contributed by atoms with Crippen LogP contribution in [0.5, 0.6) is 0 Å². The third-order valence-corrected chi connectivity index (χ3v) is 3.77. The molecule has 1 aliphatic carbocycles. The molecule has 0 heterocycles. The molecule has 2 rings (SSSR count). The van der Waals surface area contributed by atoms with Gasteiger partial charge in [0.05, 0.1) is 13.1 Å². The average molecular weight is 303 g/mol. The van der Waals surface area contributed by atoms with Crippen LogP contribution in [0.3, 0.4) is 0 Å². The van der Waals surface area contributed by atoms with Crippen molar-refractivity contribution in [2.75, 3.05) is 25.5 Å². The molecule has 1 aromatic carbocycles. The van der Waals surface area contributed by atoms with Crippen molar-refractivity contribution in [3.63, 3.8) is 0 Å². The van der Waals surface area contributed by atoms with E-state index in [-0.39, 0.29) is 24.9 Å². The molecule has 0 atom stereocenters. The molecule has 5 nitrogen and oxygen atoms in total. The van der Waals surface area contributed by atoms with Crippen molar-refractivity contribution >= 4 is 17.5 Å². The number of amides is 2. The molecule has 2 amide bonds. The summed E-state index contributed by atoms with van der Waals surface area (Å²) >= 11 is 0. The highest BCUT2D eigenvalue weighted by Crippen LogP contribution is 2.21. The standard InChI is InChI=1S/C17H25N3O2/c1-4-13-7-5-6-12(2)17(13)19-16(22)11-20(3)10-15(21)18-14-8-9-14/h5-7,14H,4,8-11H2,1-3H3,(H,18,21)(H,19,22). The zero-order valence-electron chi connectivity index (χ0n) is 13.6. The summed E-state index contributed by atoms with van der Waals surface area (Å²) < 4.78 is 0. The van der Waals surface area contributed by atoms with Gasteiger partial charge in [-0.05, 0) is 44.4 Å². The summed E-state index contributed by atoms with van der Waals surface area (Å²) in [6.07, 6.45) is 3.02. The van der Waals surface area contributed by atoms with E-state index in [9.17, 15) is 9.59 Å². The SMILES string of the molecule is CCc1cccc(C)c1NC(=O)CN(C)CC(=O)NC1CC1. The van der Waals surface area contributed by atoms with Crippen LogP contribution in [0.4, 0.5) is 5.69 Å². The van der Waals surface area contributed by atoms with Crippen LogP contribution < -0.4 is 10.6 Å². The van der Waals surface area contributed by atoms with E-state index < -0.39 is 0 Å². The lowest BCUT2D eigenvalue weighted by atomic mass is 10.1. The van der Waals surface area contributed by atoms with Crippen molar-refractivity contribution in [3.05, 3.63) is 29.3 Å². The zero-order chi connectivity index (χ0) is 16.1. The fourth-order valence-corrected chi connectivity index (χ4v) is 2.43. The van der Waals surface area contributed by atoms with E-state index in [0.717, 1.165) is 36.1 Å². The summed E-state index contributed by atoms with van der Waals surface area (Å²) in [6, 6.07) is 6.36. The van der Waals surface area contributed by atoms with Gasteiger partial charge in [-0.15, -0.1) is 0 Å². The molecule has 0 radical (unpaired) electrons. The van der Waals surface area contributed by atoms with Gasteiger partial charge in [0.1, 0.15) is 0 Å². The van der Waals surface area contributed by atoms with Crippen LogP contribution >= 0.6 is 0 Å². The van der Waals surface area contributed by atoms with E-state index in [1.165, 1.54) is 0 Å². The molecule has 0 saturated heterocycles. The second-order valence-corrected chi connectivity index (χ2v) is 6.02. The lowest BCUT2D eigenvalue weighted by molar-refractivity contribution is -0.123. The molecule has 0 unspecified atom stereocenters. The largest absolute Gasteiger partial charge is 0.352 e. The number of benzene rings is 1. The maximum atomic E-state index is 12.2.